The normalized spacial score (nSPS) is 13.7. The first-order valence-electron chi connectivity index (χ1n) is 8.06. The Morgan fingerprint density at radius 3 is 2.91 bits per heavy atom. The van der Waals surface area contributed by atoms with Gasteiger partial charge in [0, 0.05) is 25.7 Å². The lowest BCUT2D eigenvalue weighted by Gasteiger charge is -2.11. The van der Waals surface area contributed by atoms with Crippen molar-refractivity contribution in [2.24, 2.45) is 0 Å². The van der Waals surface area contributed by atoms with E-state index in [4.69, 9.17) is 4.42 Å². The Labute approximate surface area is 134 Å². The Hall–Kier alpha value is -2.63. The summed E-state index contributed by atoms with van der Waals surface area (Å²) in [6.45, 7) is 1.78. The maximum atomic E-state index is 5.68. The molecule has 0 radical (unpaired) electrons. The van der Waals surface area contributed by atoms with E-state index in [0.717, 1.165) is 37.4 Å². The number of rotatable bonds is 5. The van der Waals surface area contributed by atoms with Crippen LogP contribution < -0.4 is 5.32 Å². The van der Waals surface area contributed by atoms with E-state index in [-0.39, 0.29) is 0 Å². The number of fused-ring (bicyclic) bond motifs is 1. The Kier molecular flexibility index (Phi) is 3.80. The zero-order valence-corrected chi connectivity index (χ0v) is 12.9. The molecule has 0 unspecified atom stereocenters. The lowest BCUT2D eigenvalue weighted by Crippen LogP contribution is -2.08. The zero-order chi connectivity index (χ0) is 15.5. The predicted octanol–water partition coefficient (Wildman–Crippen LogP) is 2.92. The van der Waals surface area contributed by atoms with Gasteiger partial charge >= 0.3 is 6.01 Å². The van der Waals surface area contributed by atoms with E-state index in [0.29, 0.717) is 11.9 Å². The summed E-state index contributed by atoms with van der Waals surface area (Å²) in [6, 6.07) is 10.8. The Morgan fingerprint density at radius 2 is 2.04 bits per heavy atom. The van der Waals surface area contributed by atoms with E-state index in [9.17, 15) is 0 Å². The maximum absolute atomic E-state index is 5.68. The molecule has 3 heterocycles. The minimum absolute atomic E-state index is 0.446. The monoisotopic (exact) mass is 309 g/mol. The first kappa shape index (κ1) is 14.0. The van der Waals surface area contributed by atoms with Crippen molar-refractivity contribution >= 4 is 6.01 Å². The third kappa shape index (κ3) is 3.11. The smallest absolute Gasteiger partial charge is 0.315 e. The minimum atomic E-state index is 0.446. The number of benzene rings is 1. The molecule has 2 aromatic heterocycles. The average molecular weight is 309 g/mol. The second-order valence-electron chi connectivity index (χ2n) is 5.77. The van der Waals surface area contributed by atoms with E-state index >= 15 is 0 Å². The highest BCUT2D eigenvalue weighted by Gasteiger charge is 2.17. The van der Waals surface area contributed by atoms with Gasteiger partial charge in [0.2, 0.25) is 0 Å². The molecule has 0 amide bonds. The van der Waals surface area contributed by atoms with Gasteiger partial charge in [0.25, 0.3) is 5.89 Å². The number of aromatic nitrogens is 4. The van der Waals surface area contributed by atoms with Gasteiger partial charge in [-0.05, 0) is 24.8 Å². The fourth-order valence-electron chi connectivity index (χ4n) is 2.87. The van der Waals surface area contributed by atoms with E-state index < -0.39 is 0 Å². The molecule has 6 nitrogen and oxygen atoms in total. The average Bonchev–Trinajstić information content (AvgIpc) is 3.22. The molecule has 0 aliphatic carbocycles. The van der Waals surface area contributed by atoms with E-state index in [1.54, 1.807) is 0 Å². The molecule has 0 fully saturated rings. The largest absolute Gasteiger partial charge is 0.402 e. The first-order chi connectivity index (χ1) is 11.4. The topological polar surface area (TPSA) is 68.8 Å². The number of nitrogens with zero attached hydrogens (tertiary/aromatic N) is 4. The van der Waals surface area contributed by atoms with Crippen molar-refractivity contribution in [3.63, 3.8) is 0 Å². The molecule has 0 spiro atoms. The van der Waals surface area contributed by atoms with Gasteiger partial charge in [0.1, 0.15) is 11.5 Å². The van der Waals surface area contributed by atoms with E-state index in [2.05, 4.69) is 37.2 Å². The van der Waals surface area contributed by atoms with Crippen LogP contribution in [0.3, 0.4) is 0 Å². The van der Waals surface area contributed by atoms with Gasteiger partial charge < -0.3 is 14.3 Å². The van der Waals surface area contributed by atoms with Crippen molar-refractivity contribution in [3.05, 3.63) is 47.9 Å². The molecule has 0 bridgehead atoms. The van der Waals surface area contributed by atoms with Crippen LogP contribution in [0.25, 0.3) is 11.6 Å². The lowest BCUT2D eigenvalue weighted by atomic mass is 10.1. The molecule has 6 heteroatoms. The molecule has 3 aromatic rings. The highest BCUT2D eigenvalue weighted by atomic mass is 16.4. The molecule has 1 aliphatic heterocycles. The summed E-state index contributed by atoms with van der Waals surface area (Å²) in [5, 5.41) is 11.3. The Balaban J connectivity index is 1.39. The van der Waals surface area contributed by atoms with Gasteiger partial charge in [0.15, 0.2) is 0 Å². The first-order valence-corrected chi connectivity index (χ1v) is 8.06. The second kappa shape index (κ2) is 6.24. The summed E-state index contributed by atoms with van der Waals surface area (Å²) in [6.07, 6.45) is 6.36. The van der Waals surface area contributed by atoms with Crippen molar-refractivity contribution in [3.8, 4) is 11.6 Å². The molecule has 0 atom stereocenters. The molecule has 4 rings (SSSR count). The lowest BCUT2D eigenvalue weighted by molar-refractivity contribution is 0.522. The molecule has 1 N–H and O–H groups in total. The molecule has 1 aromatic carbocycles. The Morgan fingerprint density at radius 1 is 1.13 bits per heavy atom. The SMILES string of the molecule is c1ccc(CCNc2nnc(-c3cn4c(n3)CCCC4)o2)cc1. The van der Waals surface area contributed by atoms with Crippen LogP contribution in [0.5, 0.6) is 0 Å². The summed E-state index contributed by atoms with van der Waals surface area (Å²) in [5.74, 6) is 1.59. The van der Waals surface area contributed by atoms with Crippen LogP contribution in [0.15, 0.2) is 40.9 Å². The quantitative estimate of drug-likeness (QED) is 0.785. The van der Waals surface area contributed by atoms with Crippen molar-refractivity contribution in [1.29, 1.82) is 0 Å². The number of hydrogen-bond acceptors (Lipinski definition) is 5. The standard InChI is InChI=1S/C17H19N5O/c1-2-6-13(7-3-1)9-10-18-17-21-20-16(23-17)14-12-22-11-5-4-8-15(22)19-14/h1-3,6-7,12H,4-5,8-11H2,(H,18,21). The van der Waals surface area contributed by atoms with Crippen molar-refractivity contribution < 1.29 is 4.42 Å². The van der Waals surface area contributed by atoms with Gasteiger partial charge in [-0.1, -0.05) is 35.4 Å². The Bertz CT molecular complexity index is 754. The molecular formula is C17H19N5O. The highest BCUT2D eigenvalue weighted by molar-refractivity contribution is 5.47. The number of hydrogen-bond donors (Lipinski definition) is 1. The van der Waals surface area contributed by atoms with Gasteiger partial charge in [0.05, 0.1) is 0 Å². The molecule has 0 saturated heterocycles. The summed E-state index contributed by atoms with van der Waals surface area (Å²) in [4.78, 5) is 4.60. The second-order valence-corrected chi connectivity index (χ2v) is 5.77. The summed E-state index contributed by atoms with van der Waals surface area (Å²) >= 11 is 0. The summed E-state index contributed by atoms with van der Waals surface area (Å²) < 4.78 is 7.86. The van der Waals surface area contributed by atoms with Gasteiger partial charge in [-0.2, -0.15) is 0 Å². The van der Waals surface area contributed by atoms with Crippen LogP contribution in [-0.4, -0.2) is 26.3 Å². The maximum Gasteiger partial charge on any atom is 0.315 e. The fraction of sp³-hybridized carbons (Fsp3) is 0.353. The summed E-state index contributed by atoms with van der Waals surface area (Å²) in [5.41, 5.74) is 2.05. The number of aryl methyl sites for hydroxylation is 2. The van der Waals surface area contributed by atoms with Crippen LogP contribution in [0, 0.1) is 0 Å². The van der Waals surface area contributed by atoms with Crippen LogP contribution in [0.2, 0.25) is 0 Å². The van der Waals surface area contributed by atoms with Crippen LogP contribution in [0.4, 0.5) is 6.01 Å². The van der Waals surface area contributed by atoms with Crippen molar-refractivity contribution in [1.82, 2.24) is 19.7 Å². The van der Waals surface area contributed by atoms with Gasteiger partial charge in [-0.25, -0.2) is 4.98 Å². The molecule has 118 valence electrons. The number of nitrogens with one attached hydrogen (secondary N) is 1. The van der Waals surface area contributed by atoms with Crippen LogP contribution in [0.1, 0.15) is 24.2 Å². The van der Waals surface area contributed by atoms with Crippen LogP contribution >= 0.6 is 0 Å². The third-order valence-electron chi connectivity index (χ3n) is 4.09. The highest BCUT2D eigenvalue weighted by Crippen LogP contribution is 2.22. The fourth-order valence-corrected chi connectivity index (χ4v) is 2.87. The van der Waals surface area contributed by atoms with E-state index in [1.165, 1.54) is 18.4 Å². The van der Waals surface area contributed by atoms with Crippen molar-refractivity contribution in [2.45, 2.75) is 32.2 Å². The molecule has 1 aliphatic rings. The predicted molar refractivity (Wildman–Crippen MR) is 87.1 cm³/mol. The number of anilines is 1. The van der Waals surface area contributed by atoms with Gasteiger partial charge in [-0.15, -0.1) is 5.10 Å². The zero-order valence-electron chi connectivity index (χ0n) is 12.9. The number of imidazole rings is 1. The van der Waals surface area contributed by atoms with E-state index in [1.807, 2.05) is 24.4 Å². The minimum Gasteiger partial charge on any atom is -0.402 e. The molecule has 23 heavy (non-hydrogen) atoms. The molecule has 0 saturated carbocycles. The summed E-state index contributed by atoms with van der Waals surface area (Å²) in [7, 11) is 0. The molecular weight excluding hydrogens is 290 g/mol. The van der Waals surface area contributed by atoms with Gasteiger partial charge in [-0.3, -0.25) is 0 Å². The van der Waals surface area contributed by atoms with Crippen LogP contribution in [-0.2, 0) is 19.4 Å². The third-order valence-corrected chi connectivity index (χ3v) is 4.09. The van der Waals surface area contributed by atoms with Crippen molar-refractivity contribution in [2.75, 3.05) is 11.9 Å².